The second-order valence-corrected chi connectivity index (χ2v) is 16.3. The minimum Gasteiger partial charge on any atom is -0.508 e. The van der Waals surface area contributed by atoms with Crippen LogP contribution >= 0.6 is 0 Å². The highest BCUT2D eigenvalue weighted by atomic mass is 16.4. The number of aromatic amines is 1. The van der Waals surface area contributed by atoms with Gasteiger partial charge in [0.25, 0.3) is 0 Å². The molecular weight excluding hydrogens is 666 g/mol. The average Bonchev–Trinajstić information content (AvgIpc) is 3.69. The number of nitrogen functional groups attached to an aromatic ring is 1. The molecule has 0 aliphatic heterocycles. The molecule has 0 amide bonds. The molecule has 0 saturated heterocycles. The van der Waals surface area contributed by atoms with E-state index in [2.05, 4.69) is 35.1 Å². The largest absolute Gasteiger partial charge is 0.508 e. The van der Waals surface area contributed by atoms with Gasteiger partial charge in [0, 0.05) is 24.0 Å². The molecular formula is C44H63N3O6. The minimum absolute atomic E-state index is 0.0712. The van der Waals surface area contributed by atoms with Crippen molar-refractivity contribution in [3.8, 4) is 5.75 Å². The zero-order valence-electron chi connectivity index (χ0n) is 31.6. The lowest BCUT2D eigenvalue weighted by molar-refractivity contribution is -0.146. The van der Waals surface area contributed by atoms with E-state index >= 15 is 0 Å². The van der Waals surface area contributed by atoms with Crippen LogP contribution in [0.15, 0.2) is 67.0 Å². The molecule has 1 aromatic carbocycles. The lowest BCUT2D eigenvalue weighted by Gasteiger charge is -2.32. The van der Waals surface area contributed by atoms with Crippen LogP contribution < -0.4 is 5.73 Å². The number of H-pyrrole nitrogens is 1. The monoisotopic (exact) mass is 729 g/mol. The maximum atomic E-state index is 12.3. The molecule has 9 nitrogen and oxygen atoms in total. The van der Waals surface area contributed by atoms with Crippen LogP contribution in [0.3, 0.4) is 0 Å². The summed E-state index contributed by atoms with van der Waals surface area (Å²) in [5.41, 5.74) is 9.22. The minimum atomic E-state index is -1.06. The number of allylic oxidation sites excluding steroid dienone is 1. The van der Waals surface area contributed by atoms with Crippen LogP contribution in [0.4, 0.5) is 5.82 Å². The summed E-state index contributed by atoms with van der Waals surface area (Å²) in [6, 6.07) is 13.2. The van der Waals surface area contributed by atoms with Crippen molar-refractivity contribution in [1.29, 1.82) is 0 Å². The summed E-state index contributed by atoms with van der Waals surface area (Å²) in [5.74, 6) is -0.404. The fourth-order valence-electron chi connectivity index (χ4n) is 9.04. The van der Waals surface area contributed by atoms with Crippen molar-refractivity contribution in [2.24, 2.45) is 29.6 Å². The van der Waals surface area contributed by atoms with Crippen LogP contribution in [-0.2, 0) is 24.1 Å². The second kappa shape index (κ2) is 19.6. The van der Waals surface area contributed by atoms with Crippen molar-refractivity contribution in [2.75, 3.05) is 5.73 Å². The number of nitrogens with one attached hydrogen (secondary N) is 1. The summed E-state index contributed by atoms with van der Waals surface area (Å²) in [5, 5.41) is 54.0. The third kappa shape index (κ3) is 12.2. The SMILES string of the molecule is CCCCCC1C=CC(CCCCCC(C(=O)O)C(O)CCC2(O)CC(Cc3ccnc(N)c3)CC2Cc2cc(Cc3ccc(O)cc3)c[nH]2)C(O)C1. The molecule has 3 aromatic rings. The fourth-order valence-corrected chi connectivity index (χ4v) is 9.04. The standard InChI is InChI=1S/C44H63N3O6/c1-2-3-5-8-30-11-14-35(41(50)25-30)9-6-4-7-10-39(43(51)52)40(49)17-19-44(53)28-33(22-32-18-20-46-42(45)26-32)23-36(44)27-37-24-34(29-47-37)21-31-12-15-38(48)16-13-31/h11-16,18,20,24,26,29-30,33,35-36,39-41,47-50,53H,2-10,17,19,21-23,25,27-28H2,1H3,(H2,45,46)(H,51,52). The van der Waals surface area contributed by atoms with Crippen molar-refractivity contribution >= 4 is 11.8 Å². The van der Waals surface area contributed by atoms with E-state index in [9.17, 15) is 30.3 Å². The van der Waals surface area contributed by atoms with E-state index in [-0.39, 0.29) is 36.0 Å². The number of anilines is 1. The topological polar surface area (TPSA) is 173 Å². The van der Waals surface area contributed by atoms with Crippen molar-refractivity contribution in [3.05, 3.63) is 89.4 Å². The molecule has 8 N–H and O–H groups in total. The van der Waals surface area contributed by atoms with Gasteiger partial charge in [-0.2, -0.15) is 0 Å². The van der Waals surface area contributed by atoms with Gasteiger partial charge in [0.2, 0.25) is 0 Å². The second-order valence-electron chi connectivity index (χ2n) is 16.3. The van der Waals surface area contributed by atoms with Gasteiger partial charge < -0.3 is 36.3 Å². The third-order valence-electron chi connectivity index (χ3n) is 12.1. The Balaban J connectivity index is 1.14. The number of phenols is 1. The van der Waals surface area contributed by atoms with Crippen LogP contribution in [0.1, 0.15) is 119 Å². The highest BCUT2D eigenvalue weighted by Gasteiger charge is 2.46. The van der Waals surface area contributed by atoms with E-state index in [1.165, 1.54) is 19.3 Å². The Morgan fingerprint density at radius 2 is 1.75 bits per heavy atom. The lowest BCUT2D eigenvalue weighted by Crippen LogP contribution is -2.37. The van der Waals surface area contributed by atoms with E-state index in [4.69, 9.17) is 5.73 Å². The van der Waals surface area contributed by atoms with Gasteiger partial charge in [-0.05, 0) is 135 Å². The number of nitrogens with zero attached hydrogens (tertiary/aromatic N) is 1. The molecule has 2 aliphatic rings. The summed E-state index contributed by atoms with van der Waals surface area (Å²) in [7, 11) is 0. The number of benzene rings is 1. The number of carboxylic acid groups (broad SMARTS) is 1. The summed E-state index contributed by atoms with van der Waals surface area (Å²) in [4.78, 5) is 19.9. The van der Waals surface area contributed by atoms with Crippen LogP contribution in [0.2, 0.25) is 0 Å². The lowest BCUT2D eigenvalue weighted by atomic mass is 9.80. The van der Waals surface area contributed by atoms with Crippen LogP contribution in [0.25, 0.3) is 0 Å². The van der Waals surface area contributed by atoms with Crippen LogP contribution in [0.5, 0.6) is 5.75 Å². The zero-order chi connectivity index (χ0) is 37.8. The summed E-state index contributed by atoms with van der Waals surface area (Å²) in [6.07, 6.45) is 20.2. The van der Waals surface area contributed by atoms with Gasteiger partial charge in [-0.1, -0.05) is 69.7 Å². The Hall–Kier alpha value is -3.66. The molecule has 2 heterocycles. The number of hydrogen-bond acceptors (Lipinski definition) is 7. The number of carbonyl (C=O) groups is 1. The molecule has 2 aliphatic carbocycles. The van der Waals surface area contributed by atoms with E-state index in [1.54, 1.807) is 18.3 Å². The number of aliphatic hydroxyl groups is 3. The Labute approximate surface area is 315 Å². The predicted octanol–water partition coefficient (Wildman–Crippen LogP) is 7.76. The van der Waals surface area contributed by atoms with Crippen molar-refractivity contribution in [3.63, 3.8) is 0 Å². The molecule has 8 atom stereocenters. The number of phenolic OH excluding ortho intramolecular Hbond substituents is 1. The van der Waals surface area contributed by atoms with E-state index in [0.717, 1.165) is 73.8 Å². The van der Waals surface area contributed by atoms with E-state index in [0.29, 0.717) is 43.8 Å². The molecule has 1 saturated carbocycles. The Bertz CT molecular complexity index is 1590. The summed E-state index contributed by atoms with van der Waals surface area (Å²) in [6.45, 7) is 2.21. The number of aliphatic hydroxyl groups excluding tert-OH is 2. The van der Waals surface area contributed by atoms with Gasteiger partial charge in [-0.25, -0.2) is 4.98 Å². The third-order valence-corrected chi connectivity index (χ3v) is 12.1. The van der Waals surface area contributed by atoms with E-state index < -0.39 is 23.6 Å². The maximum Gasteiger partial charge on any atom is 0.309 e. The summed E-state index contributed by atoms with van der Waals surface area (Å²) >= 11 is 0. The number of aliphatic carboxylic acids is 1. The van der Waals surface area contributed by atoms with Gasteiger partial charge in [0.05, 0.1) is 23.7 Å². The quantitative estimate of drug-likeness (QED) is 0.0431. The number of unbranched alkanes of at least 4 members (excludes halogenated alkanes) is 4. The highest BCUT2D eigenvalue weighted by molar-refractivity contribution is 5.70. The Kier molecular flexibility index (Phi) is 15.0. The van der Waals surface area contributed by atoms with Crippen molar-refractivity contribution in [1.82, 2.24) is 9.97 Å². The number of aromatic hydroxyl groups is 1. The predicted molar refractivity (Wildman–Crippen MR) is 209 cm³/mol. The number of aromatic nitrogens is 2. The first kappa shape index (κ1) is 40.5. The number of carboxylic acids is 1. The number of rotatable bonds is 21. The molecule has 0 radical (unpaired) electrons. The smallest absolute Gasteiger partial charge is 0.309 e. The first-order valence-electron chi connectivity index (χ1n) is 20.2. The number of hydrogen-bond donors (Lipinski definition) is 7. The van der Waals surface area contributed by atoms with Gasteiger partial charge >= 0.3 is 5.97 Å². The average molecular weight is 730 g/mol. The van der Waals surface area contributed by atoms with Crippen LogP contribution in [0, 0.1) is 29.6 Å². The summed E-state index contributed by atoms with van der Waals surface area (Å²) < 4.78 is 0. The Morgan fingerprint density at radius 3 is 2.49 bits per heavy atom. The molecule has 8 unspecified atom stereocenters. The number of nitrogens with two attached hydrogens (primary N) is 1. The van der Waals surface area contributed by atoms with Crippen molar-refractivity contribution < 1.29 is 30.3 Å². The maximum absolute atomic E-state index is 12.3. The molecule has 9 heteroatoms. The molecule has 1 fully saturated rings. The van der Waals surface area contributed by atoms with Crippen LogP contribution in [-0.4, -0.2) is 59.3 Å². The van der Waals surface area contributed by atoms with Crippen molar-refractivity contribution in [2.45, 2.75) is 134 Å². The normalized spacial score (nSPS) is 25.4. The highest BCUT2D eigenvalue weighted by Crippen LogP contribution is 2.46. The first-order chi connectivity index (χ1) is 25.5. The fraction of sp³-hybridized carbons (Fsp3) is 0.591. The van der Waals surface area contributed by atoms with Gasteiger partial charge in [-0.3, -0.25) is 4.79 Å². The molecule has 290 valence electrons. The first-order valence-corrected chi connectivity index (χ1v) is 20.2. The molecule has 2 aromatic heterocycles. The Morgan fingerprint density at radius 1 is 0.962 bits per heavy atom. The zero-order valence-corrected chi connectivity index (χ0v) is 31.6. The number of pyridine rings is 1. The van der Waals surface area contributed by atoms with Gasteiger partial charge in [-0.15, -0.1) is 0 Å². The molecule has 0 spiro atoms. The van der Waals surface area contributed by atoms with Gasteiger partial charge in [0.15, 0.2) is 0 Å². The molecule has 53 heavy (non-hydrogen) atoms. The van der Waals surface area contributed by atoms with Gasteiger partial charge in [0.1, 0.15) is 11.6 Å². The van der Waals surface area contributed by atoms with E-state index in [1.807, 2.05) is 30.5 Å². The molecule has 0 bridgehead atoms. The molecule has 5 rings (SSSR count).